The largest absolute Gasteiger partial charge is 0.300 e. The highest BCUT2D eigenvalue weighted by Crippen LogP contribution is 2.30. The zero-order chi connectivity index (χ0) is 18.4. The number of imide groups is 1. The number of nitrogens with one attached hydrogen (secondary N) is 1. The van der Waals surface area contributed by atoms with Gasteiger partial charge in [-0.3, -0.25) is 19.3 Å². The Morgan fingerprint density at radius 1 is 1.12 bits per heavy atom. The number of hydrogen-bond acceptors (Lipinski definition) is 5. The minimum atomic E-state index is -0.451. The normalized spacial score (nSPS) is 13.4. The van der Waals surface area contributed by atoms with E-state index in [4.69, 9.17) is 0 Å². The summed E-state index contributed by atoms with van der Waals surface area (Å²) in [6.07, 6.45) is 0. The maximum absolute atomic E-state index is 12.3. The highest BCUT2D eigenvalue weighted by Gasteiger charge is 2.36. The van der Waals surface area contributed by atoms with Gasteiger partial charge in [-0.25, -0.2) is 4.98 Å². The van der Waals surface area contributed by atoms with Gasteiger partial charge in [0.15, 0.2) is 5.13 Å². The van der Waals surface area contributed by atoms with Gasteiger partial charge in [-0.15, -0.1) is 0 Å². The van der Waals surface area contributed by atoms with E-state index in [9.17, 15) is 14.4 Å². The standard InChI is InChI=1S/C19H15N3O3S/c1-10-7-11(2)16-14(8-10)20-19(26-16)21-15(23)9-22-17(24)12-5-3-4-6-13(12)18(22)25/h3-8H,9H2,1-2H3,(H,20,21,23). The van der Waals surface area contributed by atoms with E-state index in [2.05, 4.69) is 16.4 Å². The van der Waals surface area contributed by atoms with E-state index in [0.29, 0.717) is 16.3 Å². The van der Waals surface area contributed by atoms with Crippen LogP contribution in [0.2, 0.25) is 0 Å². The lowest BCUT2D eigenvalue weighted by Gasteiger charge is -2.12. The molecule has 0 fully saturated rings. The van der Waals surface area contributed by atoms with Crippen LogP contribution < -0.4 is 5.32 Å². The first-order valence-corrected chi connectivity index (χ1v) is 8.88. The first-order valence-electron chi connectivity index (χ1n) is 8.07. The number of aromatic nitrogens is 1. The quantitative estimate of drug-likeness (QED) is 0.723. The Balaban J connectivity index is 1.52. The maximum atomic E-state index is 12.3. The molecule has 130 valence electrons. The molecule has 1 N–H and O–H groups in total. The summed E-state index contributed by atoms with van der Waals surface area (Å²) in [5.74, 6) is -1.35. The molecule has 0 saturated carbocycles. The van der Waals surface area contributed by atoms with Gasteiger partial charge in [0.25, 0.3) is 11.8 Å². The smallest absolute Gasteiger partial charge is 0.262 e. The summed E-state index contributed by atoms with van der Waals surface area (Å²) in [6.45, 7) is 3.66. The van der Waals surface area contributed by atoms with Gasteiger partial charge in [0, 0.05) is 0 Å². The summed E-state index contributed by atoms with van der Waals surface area (Å²) in [6, 6.07) is 10.6. The number of rotatable bonds is 3. The molecule has 0 radical (unpaired) electrons. The van der Waals surface area contributed by atoms with Gasteiger partial charge < -0.3 is 5.32 Å². The van der Waals surface area contributed by atoms with Crippen molar-refractivity contribution < 1.29 is 14.4 Å². The third-order valence-corrected chi connectivity index (χ3v) is 5.37. The summed E-state index contributed by atoms with van der Waals surface area (Å²) in [7, 11) is 0. The van der Waals surface area contributed by atoms with Crippen LogP contribution in [-0.4, -0.2) is 34.2 Å². The lowest BCUT2D eigenvalue weighted by Crippen LogP contribution is -2.37. The molecule has 2 aromatic carbocycles. The highest BCUT2D eigenvalue weighted by atomic mass is 32.1. The predicted molar refractivity (Wildman–Crippen MR) is 99.5 cm³/mol. The van der Waals surface area contributed by atoms with E-state index in [0.717, 1.165) is 26.2 Å². The van der Waals surface area contributed by atoms with E-state index in [1.54, 1.807) is 24.3 Å². The van der Waals surface area contributed by atoms with Crippen LogP contribution in [0.5, 0.6) is 0 Å². The molecule has 4 rings (SSSR count). The minimum Gasteiger partial charge on any atom is -0.300 e. The van der Waals surface area contributed by atoms with Gasteiger partial charge >= 0.3 is 0 Å². The number of aryl methyl sites for hydroxylation is 2. The van der Waals surface area contributed by atoms with Crippen LogP contribution in [0.1, 0.15) is 31.8 Å². The Hall–Kier alpha value is -3.06. The zero-order valence-corrected chi connectivity index (χ0v) is 15.0. The topological polar surface area (TPSA) is 79.4 Å². The third kappa shape index (κ3) is 2.66. The Bertz CT molecular complexity index is 1050. The molecule has 3 aromatic rings. The van der Waals surface area contributed by atoms with Crippen molar-refractivity contribution in [1.29, 1.82) is 0 Å². The number of anilines is 1. The van der Waals surface area contributed by atoms with E-state index in [-0.39, 0.29) is 6.54 Å². The van der Waals surface area contributed by atoms with Crippen LogP contribution in [0.3, 0.4) is 0 Å². The first kappa shape index (κ1) is 16.4. The molecule has 0 aliphatic carbocycles. The van der Waals surface area contributed by atoms with Crippen molar-refractivity contribution in [3.63, 3.8) is 0 Å². The second-order valence-electron chi connectivity index (χ2n) is 6.24. The number of hydrogen-bond donors (Lipinski definition) is 1. The molecule has 0 unspecified atom stereocenters. The fourth-order valence-corrected chi connectivity index (χ4v) is 4.05. The predicted octanol–water partition coefficient (Wildman–Crippen LogP) is 3.15. The van der Waals surface area contributed by atoms with Crippen LogP contribution in [0.25, 0.3) is 10.2 Å². The summed E-state index contributed by atoms with van der Waals surface area (Å²) in [5, 5.41) is 3.15. The Morgan fingerprint density at radius 2 is 1.77 bits per heavy atom. The van der Waals surface area contributed by atoms with Crippen molar-refractivity contribution in [3.8, 4) is 0 Å². The lowest BCUT2D eigenvalue weighted by molar-refractivity contribution is -0.116. The van der Waals surface area contributed by atoms with Crippen molar-refractivity contribution in [2.75, 3.05) is 11.9 Å². The van der Waals surface area contributed by atoms with E-state index in [1.165, 1.54) is 11.3 Å². The van der Waals surface area contributed by atoms with Gasteiger partial charge in [0.1, 0.15) is 6.54 Å². The molecule has 0 bridgehead atoms. The number of thiazole rings is 1. The second kappa shape index (κ2) is 6.03. The third-order valence-electron chi connectivity index (χ3n) is 4.25. The van der Waals surface area contributed by atoms with Gasteiger partial charge in [0.2, 0.25) is 5.91 Å². The number of nitrogens with zero attached hydrogens (tertiary/aromatic N) is 2. The average Bonchev–Trinajstić information content (AvgIpc) is 3.10. The summed E-state index contributed by atoms with van der Waals surface area (Å²) < 4.78 is 1.01. The van der Waals surface area contributed by atoms with Crippen LogP contribution in [0.4, 0.5) is 5.13 Å². The van der Waals surface area contributed by atoms with Gasteiger partial charge in [-0.2, -0.15) is 0 Å². The Labute approximate surface area is 153 Å². The summed E-state index contributed by atoms with van der Waals surface area (Å²) in [4.78, 5) is 42.4. The SMILES string of the molecule is Cc1cc(C)c2sc(NC(=O)CN3C(=O)c4ccccc4C3=O)nc2c1. The number of carbonyl (C=O) groups is 3. The monoisotopic (exact) mass is 365 g/mol. The van der Waals surface area contributed by atoms with Crippen molar-refractivity contribution in [1.82, 2.24) is 9.88 Å². The number of benzene rings is 2. The molecule has 7 heteroatoms. The molecular formula is C19H15N3O3S. The Morgan fingerprint density at radius 3 is 2.42 bits per heavy atom. The number of amides is 3. The highest BCUT2D eigenvalue weighted by molar-refractivity contribution is 7.22. The molecule has 0 atom stereocenters. The van der Waals surface area contributed by atoms with Crippen molar-refractivity contribution in [2.24, 2.45) is 0 Å². The van der Waals surface area contributed by atoms with Crippen molar-refractivity contribution >= 4 is 44.4 Å². The molecule has 1 aliphatic rings. The molecule has 1 aliphatic heterocycles. The van der Waals surface area contributed by atoms with Gasteiger partial charge in [-0.1, -0.05) is 29.5 Å². The van der Waals surface area contributed by atoms with E-state index >= 15 is 0 Å². The van der Waals surface area contributed by atoms with Crippen LogP contribution in [-0.2, 0) is 4.79 Å². The first-order chi connectivity index (χ1) is 12.4. The zero-order valence-electron chi connectivity index (χ0n) is 14.2. The molecular weight excluding hydrogens is 350 g/mol. The molecule has 26 heavy (non-hydrogen) atoms. The van der Waals surface area contributed by atoms with Crippen LogP contribution in [0, 0.1) is 13.8 Å². The number of carbonyl (C=O) groups excluding carboxylic acids is 3. The van der Waals surface area contributed by atoms with Gasteiger partial charge in [-0.05, 0) is 43.2 Å². The second-order valence-corrected chi connectivity index (χ2v) is 7.24. The molecule has 6 nitrogen and oxygen atoms in total. The van der Waals surface area contributed by atoms with Crippen LogP contribution >= 0.6 is 11.3 Å². The molecule has 0 saturated heterocycles. The molecule has 1 aromatic heterocycles. The molecule has 2 heterocycles. The summed E-state index contributed by atoms with van der Waals surface area (Å²) >= 11 is 1.38. The van der Waals surface area contributed by atoms with E-state index < -0.39 is 17.7 Å². The maximum Gasteiger partial charge on any atom is 0.262 e. The molecule has 0 spiro atoms. The van der Waals surface area contributed by atoms with Crippen LogP contribution in [0.15, 0.2) is 36.4 Å². The lowest BCUT2D eigenvalue weighted by atomic mass is 10.1. The fourth-order valence-electron chi connectivity index (χ4n) is 3.12. The Kier molecular flexibility index (Phi) is 3.81. The fraction of sp³-hybridized carbons (Fsp3) is 0.158. The number of fused-ring (bicyclic) bond motifs is 2. The summed E-state index contributed by atoms with van der Waals surface area (Å²) in [5.41, 5.74) is 3.68. The minimum absolute atomic E-state index is 0.330. The average molecular weight is 365 g/mol. The van der Waals surface area contributed by atoms with E-state index in [1.807, 2.05) is 19.9 Å². The molecule has 3 amide bonds. The van der Waals surface area contributed by atoms with Crippen molar-refractivity contribution in [3.05, 3.63) is 58.7 Å². The van der Waals surface area contributed by atoms with Gasteiger partial charge in [0.05, 0.1) is 21.3 Å². The van der Waals surface area contributed by atoms with Crippen molar-refractivity contribution in [2.45, 2.75) is 13.8 Å².